The van der Waals surface area contributed by atoms with Crippen LogP contribution in [0, 0.1) is 0 Å². The van der Waals surface area contributed by atoms with E-state index in [0.717, 1.165) is 0 Å². The van der Waals surface area contributed by atoms with Gasteiger partial charge in [-0.25, -0.2) is 4.79 Å². The Kier molecular flexibility index (Phi) is 2.33. The van der Waals surface area contributed by atoms with E-state index >= 15 is 0 Å². The van der Waals surface area contributed by atoms with Crippen molar-refractivity contribution < 1.29 is 30.3 Å². The molecule has 0 unspecified atom stereocenters. The first-order valence-electron chi connectivity index (χ1n) is 1.76. The van der Waals surface area contributed by atoms with Crippen molar-refractivity contribution in [2.45, 2.75) is 0 Å². The zero-order valence-electron chi connectivity index (χ0n) is 4.11. The quantitative estimate of drug-likeness (QED) is 0.182. The predicted molar refractivity (Wildman–Crippen MR) is 23.6 cm³/mol. The molecule has 0 atom stereocenters. The molecule has 0 radical (unpaired) electrons. The van der Waals surface area contributed by atoms with E-state index in [9.17, 15) is 4.79 Å². The van der Waals surface area contributed by atoms with Crippen molar-refractivity contribution in [3.8, 4) is 0 Å². The minimum Gasteiger partial charge on any atom is -0.497 e. The van der Waals surface area contributed by atoms with E-state index in [1.54, 1.807) is 0 Å². The average Bonchev–Trinajstić information content (AvgIpc) is 1.84. The van der Waals surface area contributed by atoms with Gasteiger partial charge in [-0.15, -0.1) is 0 Å². The number of hydrogen-bond acceptors (Lipinski definition) is 5. The zero-order chi connectivity index (χ0) is 7.44. The molecule has 0 saturated heterocycles. The Bertz CT molecular complexity index is 146. The van der Waals surface area contributed by atoms with Crippen molar-refractivity contribution in [1.82, 2.24) is 0 Å². The van der Waals surface area contributed by atoms with E-state index < -0.39 is 17.7 Å². The molecule has 52 valence electrons. The summed E-state index contributed by atoms with van der Waals surface area (Å²) in [5, 5.41) is 31.6. The molecule has 0 aromatic heterocycles. The molecule has 6 nitrogen and oxygen atoms in total. The second-order valence-corrected chi connectivity index (χ2v) is 1.05. The number of carboxylic acids is 1. The third-order valence-corrected chi connectivity index (χ3v) is 0.492. The minimum atomic E-state index is -1.79. The smallest absolute Gasteiger partial charge is 0.378 e. The second-order valence-electron chi connectivity index (χ2n) is 1.05. The van der Waals surface area contributed by atoms with Crippen molar-refractivity contribution in [3.63, 3.8) is 0 Å². The number of aliphatic hydroxyl groups is 2. The van der Waals surface area contributed by atoms with Gasteiger partial charge in [-0.2, -0.15) is 5.26 Å². The monoisotopic (exact) mass is 136 g/mol. The molecular formula is C3H4O6. The molecule has 0 saturated carbocycles. The van der Waals surface area contributed by atoms with Gasteiger partial charge in [0.15, 0.2) is 0 Å². The zero-order valence-corrected chi connectivity index (χ0v) is 4.11. The molecule has 0 bridgehead atoms. The van der Waals surface area contributed by atoms with Crippen molar-refractivity contribution in [1.29, 1.82) is 0 Å². The molecule has 0 aromatic carbocycles. The lowest BCUT2D eigenvalue weighted by Crippen LogP contribution is -2.04. The fourth-order valence-electron chi connectivity index (χ4n) is 0.135. The van der Waals surface area contributed by atoms with Crippen LogP contribution in [-0.4, -0.2) is 26.5 Å². The molecule has 9 heavy (non-hydrogen) atoms. The van der Waals surface area contributed by atoms with Crippen LogP contribution >= 0.6 is 0 Å². The summed E-state index contributed by atoms with van der Waals surface area (Å²) < 4.78 is 0. The summed E-state index contributed by atoms with van der Waals surface area (Å²) in [5.41, 5.74) is 0. The maximum atomic E-state index is 9.64. The lowest BCUT2D eigenvalue weighted by Gasteiger charge is -1.93. The van der Waals surface area contributed by atoms with Crippen LogP contribution < -0.4 is 0 Å². The summed E-state index contributed by atoms with van der Waals surface area (Å²) in [6.07, 6.45) is 0. The molecule has 0 aliphatic heterocycles. The summed E-state index contributed by atoms with van der Waals surface area (Å²) >= 11 is 0. The third kappa shape index (κ3) is 1.87. The molecule has 0 spiro atoms. The summed E-state index contributed by atoms with van der Waals surface area (Å²) in [4.78, 5) is 12.6. The van der Waals surface area contributed by atoms with E-state index in [1.807, 2.05) is 0 Å². The predicted octanol–water partition coefficient (Wildman–Crippen LogP) is -0.154. The molecule has 6 heteroatoms. The maximum Gasteiger partial charge on any atom is 0.378 e. The molecule has 0 aliphatic carbocycles. The average molecular weight is 136 g/mol. The maximum absolute atomic E-state index is 9.64. The van der Waals surface area contributed by atoms with Crippen LogP contribution in [-0.2, 0) is 9.68 Å². The third-order valence-electron chi connectivity index (χ3n) is 0.492. The summed E-state index contributed by atoms with van der Waals surface area (Å²) in [6.45, 7) is 0. The number of aliphatic carboxylic acids is 1. The van der Waals surface area contributed by atoms with E-state index in [1.165, 1.54) is 0 Å². The highest BCUT2D eigenvalue weighted by Crippen LogP contribution is 1.95. The highest BCUT2D eigenvalue weighted by atomic mass is 17.1. The molecular weight excluding hydrogens is 132 g/mol. The summed E-state index contributed by atoms with van der Waals surface area (Å²) in [5.74, 6) is -4.68. The molecule has 4 N–H and O–H groups in total. The Morgan fingerprint density at radius 2 is 1.67 bits per heavy atom. The fraction of sp³-hybridized carbons (Fsp3) is 0. The first-order valence-corrected chi connectivity index (χ1v) is 1.76. The van der Waals surface area contributed by atoms with Crippen LogP contribution in [0.4, 0.5) is 0 Å². The first kappa shape index (κ1) is 7.57. The Balaban J connectivity index is 4.28. The highest BCUT2D eigenvalue weighted by Gasteiger charge is 2.12. The topological polar surface area (TPSA) is 107 Å². The second kappa shape index (κ2) is 2.78. The largest absolute Gasteiger partial charge is 0.497 e. The number of rotatable bonds is 2. The summed E-state index contributed by atoms with van der Waals surface area (Å²) in [7, 11) is 0. The van der Waals surface area contributed by atoms with Crippen LogP contribution in [0.1, 0.15) is 0 Å². The molecule has 0 fully saturated rings. The van der Waals surface area contributed by atoms with Gasteiger partial charge >= 0.3 is 11.9 Å². The number of carboxylic acid groups (broad SMARTS) is 1. The van der Waals surface area contributed by atoms with Gasteiger partial charge in [-0.1, -0.05) is 0 Å². The molecule has 0 amide bonds. The van der Waals surface area contributed by atoms with Crippen molar-refractivity contribution in [2.75, 3.05) is 0 Å². The fourth-order valence-corrected chi connectivity index (χ4v) is 0.135. The molecule has 0 heterocycles. The number of carbonyl (C=O) groups is 1. The van der Waals surface area contributed by atoms with Gasteiger partial charge in [0.1, 0.15) is 0 Å². The summed E-state index contributed by atoms with van der Waals surface area (Å²) in [6, 6.07) is 0. The van der Waals surface area contributed by atoms with Gasteiger partial charge < -0.3 is 15.3 Å². The van der Waals surface area contributed by atoms with Crippen LogP contribution in [0.2, 0.25) is 0 Å². The van der Waals surface area contributed by atoms with Gasteiger partial charge in [0.05, 0.1) is 0 Å². The SMILES string of the molecule is O=C(O)/C(O)=C(\O)OO. The first-order chi connectivity index (χ1) is 4.09. The van der Waals surface area contributed by atoms with Crippen LogP contribution in [0.15, 0.2) is 11.7 Å². The molecule has 0 rings (SSSR count). The Morgan fingerprint density at radius 1 is 1.22 bits per heavy atom. The van der Waals surface area contributed by atoms with E-state index in [4.69, 9.17) is 20.6 Å². The van der Waals surface area contributed by atoms with Crippen molar-refractivity contribution in [2.24, 2.45) is 0 Å². The van der Waals surface area contributed by atoms with Crippen molar-refractivity contribution in [3.05, 3.63) is 11.7 Å². The Morgan fingerprint density at radius 3 is 1.78 bits per heavy atom. The van der Waals surface area contributed by atoms with E-state index in [0.29, 0.717) is 0 Å². The van der Waals surface area contributed by atoms with E-state index in [2.05, 4.69) is 4.89 Å². The van der Waals surface area contributed by atoms with Gasteiger partial charge in [0.25, 0.3) is 5.76 Å². The number of hydrogen-bond donors (Lipinski definition) is 4. The minimum absolute atomic E-state index is 1.44. The van der Waals surface area contributed by atoms with Crippen LogP contribution in [0.25, 0.3) is 0 Å². The van der Waals surface area contributed by atoms with Crippen molar-refractivity contribution >= 4 is 5.97 Å². The van der Waals surface area contributed by atoms with Crippen LogP contribution in [0.3, 0.4) is 0 Å². The van der Waals surface area contributed by atoms with Gasteiger partial charge in [0.2, 0.25) is 0 Å². The highest BCUT2D eigenvalue weighted by molar-refractivity contribution is 5.83. The van der Waals surface area contributed by atoms with Crippen LogP contribution in [0.5, 0.6) is 0 Å². The lowest BCUT2D eigenvalue weighted by molar-refractivity contribution is -0.239. The van der Waals surface area contributed by atoms with Gasteiger partial charge in [-0.05, 0) is 0 Å². The number of aliphatic hydroxyl groups excluding tert-OH is 2. The Hall–Kier alpha value is -1.43. The Labute approximate surface area is 49.2 Å². The normalized spacial score (nSPS) is 12.1. The standard InChI is InChI=1S/C3H4O6/c4-1(2(5)6)3(7)9-8/h4,7-8H,(H,5,6)/b3-1-. The van der Waals surface area contributed by atoms with Gasteiger partial charge in [0, 0.05) is 0 Å². The molecule has 0 aliphatic rings. The molecule has 0 aromatic rings. The van der Waals surface area contributed by atoms with E-state index in [-0.39, 0.29) is 0 Å². The lowest BCUT2D eigenvalue weighted by atomic mass is 10.5. The van der Waals surface area contributed by atoms with Gasteiger partial charge in [-0.3, -0.25) is 4.89 Å².